The van der Waals surface area contributed by atoms with Crippen LogP contribution in [0.3, 0.4) is 0 Å². The van der Waals surface area contributed by atoms with Crippen molar-refractivity contribution in [1.29, 1.82) is 0 Å². The molecule has 6 heteroatoms. The van der Waals surface area contributed by atoms with Gasteiger partial charge in [0.2, 0.25) is 5.43 Å². The molecule has 122 valence electrons. The number of aliphatic hydroxyl groups is 1. The summed E-state index contributed by atoms with van der Waals surface area (Å²) in [6.45, 7) is 0.176. The summed E-state index contributed by atoms with van der Waals surface area (Å²) < 4.78 is 15.3. The van der Waals surface area contributed by atoms with Gasteiger partial charge in [0.25, 0.3) is 0 Å². The summed E-state index contributed by atoms with van der Waals surface area (Å²) >= 11 is 0. The monoisotopic (exact) mass is 327 g/mol. The number of aliphatic hydroxyl groups excluding tert-OH is 1. The largest absolute Gasteiger partial charge is 0.505 e. The Bertz CT molecular complexity index is 982. The number of hydrogen-bond acceptors (Lipinski definition) is 3. The zero-order valence-electron chi connectivity index (χ0n) is 12.6. The number of aromatic carboxylic acids is 1. The molecule has 3 rings (SSSR count). The number of carboxylic acids is 1. The van der Waals surface area contributed by atoms with Gasteiger partial charge in [-0.3, -0.25) is 4.79 Å². The number of allylic oxidation sites excluding steroid dienone is 5. The van der Waals surface area contributed by atoms with E-state index in [1.807, 2.05) is 0 Å². The maximum atomic E-state index is 13.7. The van der Waals surface area contributed by atoms with E-state index in [1.165, 1.54) is 18.3 Å². The minimum Gasteiger partial charge on any atom is -0.505 e. The molecule has 1 heterocycles. The number of benzene rings is 1. The topological polar surface area (TPSA) is 79.5 Å². The zero-order valence-corrected chi connectivity index (χ0v) is 12.6. The Morgan fingerprint density at radius 1 is 1.25 bits per heavy atom. The van der Waals surface area contributed by atoms with Crippen LogP contribution in [0.1, 0.15) is 16.8 Å². The van der Waals surface area contributed by atoms with Crippen LogP contribution in [-0.2, 0) is 6.54 Å². The van der Waals surface area contributed by atoms with Gasteiger partial charge in [0.05, 0.1) is 5.52 Å². The van der Waals surface area contributed by atoms with Gasteiger partial charge < -0.3 is 14.8 Å². The van der Waals surface area contributed by atoms with Gasteiger partial charge in [0.15, 0.2) is 5.83 Å². The Balaban J connectivity index is 2.13. The smallest absolute Gasteiger partial charge is 0.341 e. The molecule has 24 heavy (non-hydrogen) atoms. The highest BCUT2D eigenvalue weighted by Gasteiger charge is 2.15. The Morgan fingerprint density at radius 2 is 2.00 bits per heavy atom. The van der Waals surface area contributed by atoms with Crippen LogP contribution in [0.25, 0.3) is 10.9 Å². The minimum absolute atomic E-state index is 0.176. The highest BCUT2D eigenvalue weighted by atomic mass is 19.1. The molecule has 0 amide bonds. The number of pyridine rings is 1. The Labute approximate surface area is 136 Å². The third-order valence-electron chi connectivity index (χ3n) is 3.82. The van der Waals surface area contributed by atoms with Crippen LogP contribution in [0.5, 0.6) is 0 Å². The fourth-order valence-electron chi connectivity index (χ4n) is 2.65. The lowest BCUT2D eigenvalue weighted by Gasteiger charge is -2.13. The first-order valence-corrected chi connectivity index (χ1v) is 7.28. The number of aromatic nitrogens is 1. The molecule has 0 atom stereocenters. The number of fused-ring (bicyclic) bond motifs is 1. The first-order chi connectivity index (χ1) is 11.5. The van der Waals surface area contributed by atoms with E-state index >= 15 is 0 Å². The van der Waals surface area contributed by atoms with E-state index in [2.05, 4.69) is 0 Å². The van der Waals surface area contributed by atoms with Gasteiger partial charge in [0.1, 0.15) is 11.3 Å². The first-order valence-electron chi connectivity index (χ1n) is 7.28. The number of halogens is 1. The molecule has 0 saturated carbocycles. The predicted molar refractivity (Wildman–Crippen MR) is 87.8 cm³/mol. The summed E-state index contributed by atoms with van der Waals surface area (Å²) in [7, 11) is 0. The maximum absolute atomic E-state index is 13.7. The summed E-state index contributed by atoms with van der Waals surface area (Å²) in [5.41, 5.74) is 0.236. The second kappa shape index (κ2) is 6.16. The van der Waals surface area contributed by atoms with Crippen LogP contribution in [0.2, 0.25) is 0 Å². The van der Waals surface area contributed by atoms with Crippen LogP contribution in [-0.4, -0.2) is 20.7 Å². The van der Waals surface area contributed by atoms with Gasteiger partial charge in [-0.05, 0) is 36.3 Å². The summed E-state index contributed by atoms with van der Waals surface area (Å²) in [5, 5.41) is 19.0. The minimum atomic E-state index is -1.31. The quantitative estimate of drug-likeness (QED) is 0.906. The van der Waals surface area contributed by atoms with E-state index in [1.54, 1.807) is 34.9 Å². The average molecular weight is 327 g/mol. The molecule has 0 radical (unpaired) electrons. The van der Waals surface area contributed by atoms with Gasteiger partial charge in [0, 0.05) is 18.1 Å². The molecule has 2 aromatic rings. The number of carboxylic acid groups (broad SMARTS) is 1. The van der Waals surface area contributed by atoms with Crippen molar-refractivity contribution in [2.24, 2.45) is 0 Å². The number of para-hydroxylation sites is 1. The summed E-state index contributed by atoms with van der Waals surface area (Å²) in [5.74, 6) is -2.48. The normalized spacial score (nSPS) is 14.6. The Morgan fingerprint density at radius 3 is 2.75 bits per heavy atom. The SMILES string of the molecule is O=C(O)c1cn(CC2=CCC=C(O)C(F)=C2)c2ccccc2c1=O. The van der Waals surface area contributed by atoms with E-state index < -0.39 is 23.0 Å². The van der Waals surface area contributed by atoms with Gasteiger partial charge >= 0.3 is 5.97 Å². The van der Waals surface area contributed by atoms with E-state index in [0.29, 0.717) is 17.5 Å². The van der Waals surface area contributed by atoms with Crippen molar-refractivity contribution < 1.29 is 19.4 Å². The summed E-state index contributed by atoms with van der Waals surface area (Å²) in [6.07, 6.45) is 5.90. The molecular weight excluding hydrogens is 313 g/mol. The highest BCUT2D eigenvalue weighted by Crippen LogP contribution is 2.20. The second-order valence-electron chi connectivity index (χ2n) is 5.42. The third kappa shape index (κ3) is 2.86. The van der Waals surface area contributed by atoms with Crippen molar-refractivity contribution >= 4 is 16.9 Å². The van der Waals surface area contributed by atoms with Crippen LogP contribution < -0.4 is 5.43 Å². The average Bonchev–Trinajstić information content (AvgIpc) is 2.71. The number of hydrogen-bond donors (Lipinski definition) is 2. The van der Waals surface area contributed by atoms with Crippen LogP contribution in [0.4, 0.5) is 4.39 Å². The molecule has 0 saturated heterocycles. The molecule has 0 aliphatic heterocycles. The predicted octanol–water partition coefficient (Wildman–Crippen LogP) is 3.33. The second-order valence-corrected chi connectivity index (χ2v) is 5.42. The number of rotatable bonds is 3. The molecule has 1 aromatic carbocycles. The van der Waals surface area contributed by atoms with Gasteiger partial charge in [-0.25, -0.2) is 9.18 Å². The maximum Gasteiger partial charge on any atom is 0.341 e. The molecule has 1 aliphatic rings. The molecule has 1 aromatic heterocycles. The van der Waals surface area contributed by atoms with E-state index in [4.69, 9.17) is 0 Å². The van der Waals surface area contributed by atoms with Gasteiger partial charge in [-0.1, -0.05) is 18.2 Å². The van der Waals surface area contributed by atoms with Crippen molar-refractivity contribution in [3.05, 3.63) is 81.6 Å². The summed E-state index contributed by atoms with van der Waals surface area (Å²) in [4.78, 5) is 23.6. The Kier molecular flexibility index (Phi) is 4.04. The van der Waals surface area contributed by atoms with Crippen molar-refractivity contribution in [2.45, 2.75) is 13.0 Å². The first kappa shape index (κ1) is 15.7. The van der Waals surface area contributed by atoms with Crippen LogP contribution in [0.15, 0.2) is 70.6 Å². The van der Waals surface area contributed by atoms with E-state index in [0.717, 1.165) is 0 Å². The van der Waals surface area contributed by atoms with E-state index in [-0.39, 0.29) is 17.5 Å². The molecule has 2 N–H and O–H groups in total. The Hall–Kier alpha value is -3.15. The lowest BCUT2D eigenvalue weighted by molar-refractivity contribution is 0.0695. The number of nitrogens with zero attached hydrogens (tertiary/aromatic N) is 1. The zero-order chi connectivity index (χ0) is 17.3. The molecule has 0 unspecified atom stereocenters. The molecule has 5 nitrogen and oxygen atoms in total. The van der Waals surface area contributed by atoms with Gasteiger partial charge in [-0.15, -0.1) is 0 Å². The third-order valence-corrected chi connectivity index (χ3v) is 3.82. The van der Waals surface area contributed by atoms with Crippen molar-refractivity contribution in [2.75, 3.05) is 0 Å². The molecule has 0 bridgehead atoms. The van der Waals surface area contributed by atoms with Crippen molar-refractivity contribution in [3.63, 3.8) is 0 Å². The fraction of sp³-hybridized carbons (Fsp3) is 0.111. The number of carbonyl (C=O) groups is 1. The van der Waals surface area contributed by atoms with Crippen LogP contribution >= 0.6 is 0 Å². The molecule has 0 fully saturated rings. The van der Waals surface area contributed by atoms with Gasteiger partial charge in [-0.2, -0.15) is 0 Å². The molecule has 0 spiro atoms. The fourth-order valence-corrected chi connectivity index (χ4v) is 2.65. The molecule has 1 aliphatic carbocycles. The lowest BCUT2D eigenvalue weighted by atomic mass is 10.1. The lowest BCUT2D eigenvalue weighted by Crippen LogP contribution is -2.19. The van der Waals surface area contributed by atoms with E-state index in [9.17, 15) is 24.2 Å². The van der Waals surface area contributed by atoms with Crippen molar-refractivity contribution in [3.8, 4) is 0 Å². The summed E-state index contributed by atoms with van der Waals surface area (Å²) in [6, 6.07) is 6.66. The standard InChI is InChI=1S/C18H14FNO4/c19-14-8-11(4-3-7-16(14)21)9-20-10-13(18(23)24)17(22)12-5-1-2-6-15(12)20/h1-2,4-8,10,21H,3,9H2,(H,23,24). The van der Waals surface area contributed by atoms with Crippen LogP contribution in [0, 0.1) is 0 Å². The highest BCUT2D eigenvalue weighted by molar-refractivity contribution is 5.92. The van der Waals surface area contributed by atoms with Crippen molar-refractivity contribution in [1.82, 2.24) is 4.57 Å². The molecular formula is C18H14FNO4.